The van der Waals surface area contributed by atoms with Gasteiger partial charge in [0.15, 0.2) is 9.84 Å². The van der Waals surface area contributed by atoms with Crippen molar-refractivity contribution in [1.29, 1.82) is 0 Å². The third kappa shape index (κ3) is 3.66. The van der Waals surface area contributed by atoms with Crippen LogP contribution in [0.25, 0.3) is 0 Å². The minimum Gasteiger partial charge on any atom is -0.394 e. The van der Waals surface area contributed by atoms with Crippen molar-refractivity contribution >= 4 is 9.84 Å². The summed E-state index contributed by atoms with van der Waals surface area (Å²) in [5.74, 6) is 0.558. The lowest BCUT2D eigenvalue weighted by Gasteiger charge is -2.35. The van der Waals surface area contributed by atoms with Crippen LogP contribution in [0.5, 0.6) is 0 Å². The minimum absolute atomic E-state index is 0.0767. The van der Waals surface area contributed by atoms with Crippen LogP contribution in [0.15, 0.2) is 0 Å². The molecular formula is C12H24N2O3S. The second-order valence-electron chi connectivity index (χ2n) is 6.11. The Bertz CT molecular complexity index is 394. The number of aliphatic hydroxyl groups excluding tert-OH is 1. The summed E-state index contributed by atoms with van der Waals surface area (Å²) in [6.45, 7) is 2.76. The number of sulfone groups is 1. The fourth-order valence-corrected chi connectivity index (χ4v) is 4.47. The summed E-state index contributed by atoms with van der Waals surface area (Å²) in [6.07, 6.45) is 3.07. The maximum absolute atomic E-state index is 11.5. The summed E-state index contributed by atoms with van der Waals surface area (Å²) in [5.41, 5.74) is -0.331. The molecule has 2 unspecified atom stereocenters. The van der Waals surface area contributed by atoms with Gasteiger partial charge in [-0.25, -0.2) is 8.42 Å². The second kappa shape index (κ2) is 5.07. The average molecular weight is 276 g/mol. The molecule has 0 aromatic rings. The summed E-state index contributed by atoms with van der Waals surface area (Å²) < 4.78 is 23.0. The monoisotopic (exact) mass is 276 g/mol. The quantitative estimate of drug-likeness (QED) is 0.691. The normalized spacial score (nSPS) is 30.6. The average Bonchev–Trinajstić information content (AvgIpc) is 3.00. The molecule has 1 aliphatic carbocycles. The Morgan fingerprint density at radius 3 is 2.50 bits per heavy atom. The van der Waals surface area contributed by atoms with Gasteiger partial charge in [0.2, 0.25) is 0 Å². The first-order valence-corrected chi connectivity index (χ1v) is 8.45. The van der Waals surface area contributed by atoms with Crippen LogP contribution < -0.4 is 5.32 Å². The van der Waals surface area contributed by atoms with E-state index in [-0.39, 0.29) is 23.9 Å². The van der Waals surface area contributed by atoms with Crippen molar-refractivity contribution in [3.63, 3.8) is 0 Å². The van der Waals surface area contributed by atoms with Gasteiger partial charge in [-0.05, 0) is 33.2 Å². The van der Waals surface area contributed by atoms with Crippen LogP contribution in [0.2, 0.25) is 0 Å². The van der Waals surface area contributed by atoms with E-state index < -0.39 is 9.84 Å². The van der Waals surface area contributed by atoms with Crippen LogP contribution in [0, 0.1) is 0 Å². The fraction of sp³-hybridized carbons (Fsp3) is 1.00. The molecule has 1 heterocycles. The van der Waals surface area contributed by atoms with Crippen molar-refractivity contribution in [2.24, 2.45) is 0 Å². The van der Waals surface area contributed by atoms with Gasteiger partial charge in [-0.3, -0.25) is 0 Å². The molecule has 1 saturated carbocycles. The zero-order chi connectivity index (χ0) is 13.4. The van der Waals surface area contributed by atoms with Crippen molar-refractivity contribution in [1.82, 2.24) is 10.2 Å². The van der Waals surface area contributed by atoms with Crippen molar-refractivity contribution in [2.75, 3.05) is 31.7 Å². The third-order valence-electron chi connectivity index (χ3n) is 3.91. The summed E-state index contributed by atoms with van der Waals surface area (Å²) in [7, 11) is -0.886. The lowest BCUT2D eigenvalue weighted by atomic mass is 10.0. The minimum atomic E-state index is -2.84. The molecule has 18 heavy (non-hydrogen) atoms. The van der Waals surface area contributed by atoms with Gasteiger partial charge in [0, 0.05) is 18.6 Å². The largest absolute Gasteiger partial charge is 0.394 e. The van der Waals surface area contributed by atoms with E-state index in [1.54, 1.807) is 0 Å². The highest BCUT2D eigenvalue weighted by molar-refractivity contribution is 7.91. The molecular weight excluding hydrogens is 252 g/mol. The fourth-order valence-electron chi connectivity index (χ4n) is 2.66. The molecule has 1 aliphatic heterocycles. The first-order valence-electron chi connectivity index (χ1n) is 6.63. The zero-order valence-corrected chi connectivity index (χ0v) is 12.0. The number of likely N-dealkylation sites (N-methyl/N-ethyl adjacent to an activating group) is 1. The predicted molar refractivity (Wildman–Crippen MR) is 71.3 cm³/mol. The number of hydrogen-bond acceptors (Lipinski definition) is 5. The Labute approximate surface area is 109 Å². The Balaban J connectivity index is 1.90. The standard InChI is InChI=1S/C12H24N2O3S/c1-12(9-15,13-10-3-4-10)8-14(2)11-5-6-18(16,17)7-11/h10-11,13,15H,3-9H2,1-2H3. The molecule has 2 aliphatic rings. The molecule has 2 fully saturated rings. The maximum atomic E-state index is 11.5. The van der Waals surface area contributed by atoms with Gasteiger partial charge in [-0.1, -0.05) is 0 Å². The van der Waals surface area contributed by atoms with Gasteiger partial charge >= 0.3 is 0 Å². The van der Waals surface area contributed by atoms with Crippen LogP contribution in [0.3, 0.4) is 0 Å². The second-order valence-corrected chi connectivity index (χ2v) is 8.34. The van der Waals surface area contributed by atoms with E-state index in [1.165, 1.54) is 12.8 Å². The molecule has 0 spiro atoms. The molecule has 0 aromatic heterocycles. The summed E-state index contributed by atoms with van der Waals surface area (Å²) >= 11 is 0. The molecule has 6 heteroatoms. The molecule has 1 saturated heterocycles. The summed E-state index contributed by atoms with van der Waals surface area (Å²) in [6, 6.07) is 0.629. The Morgan fingerprint density at radius 2 is 2.06 bits per heavy atom. The molecule has 0 amide bonds. The predicted octanol–water partition coefficient (Wildman–Crippen LogP) is -0.392. The maximum Gasteiger partial charge on any atom is 0.151 e. The van der Waals surface area contributed by atoms with Gasteiger partial charge in [0.1, 0.15) is 0 Å². The lowest BCUT2D eigenvalue weighted by molar-refractivity contribution is 0.115. The molecule has 2 rings (SSSR count). The smallest absolute Gasteiger partial charge is 0.151 e. The van der Waals surface area contributed by atoms with Crippen LogP contribution in [0.1, 0.15) is 26.2 Å². The summed E-state index contributed by atoms with van der Waals surface area (Å²) in [5, 5.41) is 13.0. The lowest BCUT2D eigenvalue weighted by Crippen LogP contribution is -2.56. The van der Waals surface area contributed by atoms with Crippen LogP contribution in [-0.4, -0.2) is 67.8 Å². The van der Waals surface area contributed by atoms with E-state index in [4.69, 9.17) is 0 Å². The van der Waals surface area contributed by atoms with E-state index in [0.717, 1.165) is 0 Å². The molecule has 2 atom stereocenters. The van der Waals surface area contributed by atoms with Gasteiger partial charge in [0.25, 0.3) is 0 Å². The molecule has 0 aromatic carbocycles. The first kappa shape index (κ1) is 14.2. The highest BCUT2D eigenvalue weighted by Crippen LogP contribution is 2.24. The number of hydrogen-bond donors (Lipinski definition) is 2. The molecule has 106 valence electrons. The number of nitrogens with zero attached hydrogens (tertiary/aromatic N) is 1. The molecule has 0 bridgehead atoms. The van der Waals surface area contributed by atoms with E-state index in [9.17, 15) is 13.5 Å². The van der Waals surface area contributed by atoms with Crippen molar-refractivity contribution in [2.45, 2.75) is 43.8 Å². The SMILES string of the molecule is CN(CC(C)(CO)NC1CC1)C1CCS(=O)(=O)C1. The Hall–Kier alpha value is -0.170. The van der Waals surface area contributed by atoms with Crippen molar-refractivity contribution in [3.8, 4) is 0 Å². The highest BCUT2D eigenvalue weighted by Gasteiger charge is 2.36. The Kier molecular flexibility index (Phi) is 4.02. The first-order chi connectivity index (χ1) is 8.34. The third-order valence-corrected chi connectivity index (χ3v) is 5.66. The van der Waals surface area contributed by atoms with Crippen molar-refractivity contribution in [3.05, 3.63) is 0 Å². The van der Waals surface area contributed by atoms with Gasteiger partial charge in [-0.2, -0.15) is 0 Å². The summed E-state index contributed by atoms with van der Waals surface area (Å²) in [4.78, 5) is 2.08. The molecule has 5 nitrogen and oxygen atoms in total. The van der Waals surface area contributed by atoms with Crippen molar-refractivity contribution < 1.29 is 13.5 Å². The van der Waals surface area contributed by atoms with Gasteiger partial charge in [0.05, 0.1) is 23.7 Å². The Morgan fingerprint density at radius 1 is 1.39 bits per heavy atom. The van der Waals surface area contributed by atoms with Gasteiger partial charge < -0.3 is 15.3 Å². The number of nitrogens with one attached hydrogen (secondary N) is 1. The number of aliphatic hydroxyl groups is 1. The van der Waals surface area contributed by atoms with E-state index in [2.05, 4.69) is 10.2 Å². The van der Waals surface area contributed by atoms with E-state index in [1.807, 2.05) is 14.0 Å². The van der Waals surface area contributed by atoms with E-state index >= 15 is 0 Å². The highest BCUT2D eigenvalue weighted by atomic mass is 32.2. The van der Waals surface area contributed by atoms with Crippen LogP contribution in [-0.2, 0) is 9.84 Å². The van der Waals surface area contributed by atoms with E-state index in [0.29, 0.717) is 24.8 Å². The molecule has 2 N–H and O–H groups in total. The topological polar surface area (TPSA) is 69.6 Å². The van der Waals surface area contributed by atoms with Gasteiger partial charge in [-0.15, -0.1) is 0 Å². The van der Waals surface area contributed by atoms with Crippen LogP contribution in [0.4, 0.5) is 0 Å². The van der Waals surface area contributed by atoms with Crippen LogP contribution >= 0.6 is 0 Å². The number of rotatable bonds is 6. The molecule has 0 radical (unpaired) electrons. The zero-order valence-electron chi connectivity index (χ0n) is 11.2.